The zero-order chi connectivity index (χ0) is 14.6. The lowest BCUT2D eigenvalue weighted by atomic mass is 9.95. The molecule has 1 aliphatic heterocycles. The van der Waals surface area contributed by atoms with Crippen LogP contribution >= 0.6 is 0 Å². The third kappa shape index (κ3) is 4.15. The zero-order valence-corrected chi connectivity index (χ0v) is 13.7. The molecule has 1 fully saturated rings. The molecule has 1 saturated heterocycles. The van der Waals surface area contributed by atoms with Gasteiger partial charge in [-0.3, -0.25) is 0 Å². The van der Waals surface area contributed by atoms with Crippen LogP contribution in [0.3, 0.4) is 0 Å². The van der Waals surface area contributed by atoms with Crippen molar-refractivity contribution >= 4 is 10.2 Å². The molecule has 0 spiro atoms. The van der Waals surface area contributed by atoms with Gasteiger partial charge in [-0.05, 0) is 39.2 Å². The molecule has 1 aliphatic rings. The molecule has 2 atom stereocenters. The fourth-order valence-electron chi connectivity index (χ4n) is 2.40. The van der Waals surface area contributed by atoms with Crippen molar-refractivity contribution in [3.63, 3.8) is 0 Å². The minimum Gasteiger partial charge on any atom is -0.314 e. The summed E-state index contributed by atoms with van der Waals surface area (Å²) >= 11 is 0. The van der Waals surface area contributed by atoms with Crippen LogP contribution in [0.15, 0.2) is 0 Å². The number of rotatable bonds is 6. The first-order valence-corrected chi connectivity index (χ1v) is 8.66. The van der Waals surface area contributed by atoms with Gasteiger partial charge in [0.1, 0.15) is 0 Å². The van der Waals surface area contributed by atoms with Gasteiger partial charge in [0.2, 0.25) is 0 Å². The maximum Gasteiger partial charge on any atom is 0.281 e. The van der Waals surface area contributed by atoms with Gasteiger partial charge in [0.15, 0.2) is 0 Å². The highest BCUT2D eigenvalue weighted by atomic mass is 32.2. The maximum absolute atomic E-state index is 12.4. The Labute approximate surface area is 118 Å². The summed E-state index contributed by atoms with van der Waals surface area (Å²) in [5.41, 5.74) is 0. The van der Waals surface area contributed by atoms with E-state index in [2.05, 4.69) is 19.2 Å². The molecule has 114 valence electrons. The van der Waals surface area contributed by atoms with Crippen LogP contribution in [0, 0.1) is 5.92 Å². The third-order valence-corrected chi connectivity index (χ3v) is 6.08. The quantitative estimate of drug-likeness (QED) is 0.802. The van der Waals surface area contributed by atoms with Crippen molar-refractivity contribution in [3.05, 3.63) is 0 Å². The SMILES string of the molecule is CCCNC1CCN(S(=O)(=O)N(C)C(C)C)CC1C. The van der Waals surface area contributed by atoms with Crippen molar-refractivity contribution in [3.8, 4) is 0 Å². The minimum atomic E-state index is -3.30. The van der Waals surface area contributed by atoms with Crippen LogP contribution in [0.5, 0.6) is 0 Å². The van der Waals surface area contributed by atoms with Gasteiger partial charge < -0.3 is 5.32 Å². The number of hydrogen-bond donors (Lipinski definition) is 1. The lowest BCUT2D eigenvalue weighted by Gasteiger charge is -2.38. The van der Waals surface area contributed by atoms with Crippen molar-refractivity contribution in [1.29, 1.82) is 0 Å². The van der Waals surface area contributed by atoms with E-state index >= 15 is 0 Å². The first kappa shape index (κ1) is 16.9. The smallest absolute Gasteiger partial charge is 0.281 e. The highest BCUT2D eigenvalue weighted by Crippen LogP contribution is 2.21. The van der Waals surface area contributed by atoms with Crippen molar-refractivity contribution in [2.75, 3.05) is 26.7 Å². The average molecular weight is 291 g/mol. The van der Waals surface area contributed by atoms with Gasteiger partial charge in [-0.15, -0.1) is 0 Å². The molecule has 6 heteroatoms. The summed E-state index contributed by atoms with van der Waals surface area (Å²) < 4.78 is 27.9. The monoisotopic (exact) mass is 291 g/mol. The fourth-order valence-corrected chi connectivity index (χ4v) is 4.06. The maximum atomic E-state index is 12.4. The zero-order valence-electron chi connectivity index (χ0n) is 12.9. The Hall–Kier alpha value is -0.170. The number of hydrogen-bond acceptors (Lipinski definition) is 3. The van der Waals surface area contributed by atoms with Gasteiger partial charge in [-0.1, -0.05) is 13.8 Å². The molecule has 1 heterocycles. The molecule has 0 aliphatic carbocycles. The van der Waals surface area contributed by atoms with E-state index in [1.54, 1.807) is 11.4 Å². The topological polar surface area (TPSA) is 52.7 Å². The Balaban J connectivity index is 2.65. The van der Waals surface area contributed by atoms with Crippen LogP contribution in [0.2, 0.25) is 0 Å². The summed E-state index contributed by atoms with van der Waals surface area (Å²) in [7, 11) is -1.64. The molecule has 0 radical (unpaired) electrons. The van der Waals surface area contributed by atoms with Crippen molar-refractivity contribution in [2.45, 2.75) is 52.6 Å². The first-order valence-electron chi connectivity index (χ1n) is 7.27. The summed E-state index contributed by atoms with van der Waals surface area (Å²) in [5.74, 6) is 0.357. The predicted molar refractivity (Wildman–Crippen MR) is 79.3 cm³/mol. The molecule has 0 saturated carbocycles. The molecule has 19 heavy (non-hydrogen) atoms. The molecular formula is C13H29N3O2S. The summed E-state index contributed by atoms with van der Waals surface area (Å²) in [6.45, 7) is 10.3. The molecular weight excluding hydrogens is 262 g/mol. The van der Waals surface area contributed by atoms with Gasteiger partial charge >= 0.3 is 0 Å². The van der Waals surface area contributed by atoms with E-state index in [4.69, 9.17) is 0 Å². The normalized spacial score (nSPS) is 26.3. The predicted octanol–water partition coefficient (Wildman–Crippen LogP) is 1.28. The number of piperidine rings is 1. The molecule has 0 aromatic rings. The van der Waals surface area contributed by atoms with E-state index in [1.165, 1.54) is 4.31 Å². The molecule has 1 rings (SSSR count). The van der Waals surface area contributed by atoms with E-state index in [-0.39, 0.29) is 6.04 Å². The Morgan fingerprint density at radius 3 is 2.53 bits per heavy atom. The average Bonchev–Trinajstić information content (AvgIpc) is 2.36. The van der Waals surface area contributed by atoms with Gasteiger partial charge in [0.25, 0.3) is 10.2 Å². The second-order valence-electron chi connectivity index (χ2n) is 5.80. The summed E-state index contributed by atoms with van der Waals surface area (Å²) in [4.78, 5) is 0. The number of nitrogens with zero attached hydrogens (tertiary/aromatic N) is 2. The van der Waals surface area contributed by atoms with Gasteiger partial charge in [0, 0.05) is 32.2 Å². The van der Waals surface area contributed by atoms with E-state index in [9.17, 15) is 8.42 Å². The van der Waals surface area contributed by atoms with E-state index in [0.717, 1.165) is 19.4 Å². The molecule has 1 N–H and O–H groups in total. The second kappa shape index (κ2) is 7.02. The Bertz CT molecular complexity index is 370. The molecule has 0 aromatic carbocycles. The minimum absolute atomic E-state index is 0.00348. The highest BCUT2D eigenvalue weighted by Gasteiger charge is 2.35. The summed E-state index contributed by atoms with van der Waals surface area (Å²) in [6, 6.07) is 0.437. The van der Waals surface area contributed by atoms with Crippen molar-refractivity contribution < 1.29 is 8.42 Å². The van der Waals surface area contributed by atoms with E-state index in [1.807, 2.05) is 13.8 Å². The molecule has 5 nitrogen and oxygen atoms in total. The van der Waals surface area contributed by atoms with Crippen LogP contribution in [0.25, 0.3) is 0 Å². The summed E-state index contributed by atoms with van der Waals surface area (Å²) in [5, 5.41) is 3.51. The van der Waals surface area contributed by atoms with Crippen LogP contribution < -0.4 is 5.32 Å². The largest absolute Gasteiger partial charge is 0.314 e. The second-order valence-corrected chi connectivity index (χ2v) is 7.79. The standard InChI is InChI=1S/C13H29N3O2S/c1-6-8-14-13-7-9-16(10-12(13)4)19(17,18)15(5)11(2)3/h11-14H,6-10H2,1-5H3. The molecule has 0 amide bonds. The lowest BCUT2D eigenvalue weighted by molar-refractivity contribution is 0.208. The first-order chi connectivity index (χ1) is 8.80. The van der Waals surface area contributed by atoms with E-state index in [0.29, 0.717) is 25.0 Å². The van der Waals surface area contributed by atoms with Crippen LogP contribution in [0.1, 0.15) is 40.5 Å². The molecule has 0 aromatic heterocycles. The highest BCUT2D eigenvalue weighted by molar-refractivity contribution is 7.86. The fraction of sp³-hybridized carbons (Fsp3) is 1.00. The third-order valence-electron chi connectivity index (χ3n) is 3.94. The molecule has 0 bridgehead atoms. The lowest BCUT2D eigenvalue weighted by Crippen LogP contribution is -2.54. The van der Waals surface area contributed by atoms with Gasteiger partial charge in [-0.25, -0.2) is 0 Å². The summed E-state index contributed by atoms with van der Waals surface area (Å²) in [6.07, 6.45) is 2.01. The number of nitrogens with one attached hydrogen (secondary N) is 1. The Morgan fingerprint density at radius 1 is 1.42 bits per heavy atom. The van der Waals surface area contributed by atoms with Crippen molar-refractivity contribution in [1.82, 2.24) is 13.9 Å². The van der Waals surface area contributed by atoms with Gasteiger partial charge in [0.05, 0.1) is 0 Å². The van der Waals surface area contributed by atoms with E-state index < -0.39 is 10.2 Å². The van der Waals surface area contributed by atoms with Crippen molar-refractivity contribution in [2.24, 2.45) is 5.92 Å². The molecule has 2 unspecified atom stereocenters. The Morgan fingerprint density at radius 2 is 2.05 bits per heavy atom. The van der Waals surface area contributed by atoms with Crippen LogP contribution in [-0.4, -0.2) is 55.8 Å². The van der Waals surface area contributed by atoms with Crippen LogP contribution in [0.4, 0.5) is 0 Å². The Kier molecular flexibility index (Phi) is 6.23. The van der Waals surface area contributed by atoms with Gasteiger partial charge in [-0.2, -0.15) is 17.0 Å². The van der Waals surface area contributed by atoms with Crippen LogP contribution in [-0.2, 0) is 10.2 Å².